The lowest BCUT2D eigenvalue weighted by molar-refractivity contribution is -0.132. The summed E-state index contributed by atoms with van der Waals surface area (Å²) in [7, 11) is 0. The van der Waals surface area contributed by atoms with E-state index in [1.807, 2.05) is 11.8 Å². The van der Waals surface area contributed by atoms with Crippen LogP contribution in [-0.4, -0.2) is 29.0 Å². The van der Waals surface area contributed by atoms with Crippen LogP contribution in [-0.2, 0) is 11.2 Å². The average molecular weight is 329 g/mol. The standard InChI is InChI=1S/C19H23NO4/c1-12-14-6-8-16(21)13(2)18(14)24-19(23)15(12)7-9-17(22)20-10-4-3-5-11-20/h6,8,21H,3-5,7,9-11H2,1-2H3. The maximum atomic E-state index is 12.3. The van der Waals surface area contributed by atoms with Crippen LogP contribution in [0.25, 0.3) is 11.0 Å². The Morgan fingerprint density at radius 2 is 1.88 bits per heavy atom. The monoisotopic (exact) mass is 329 g/mol. The number of aromatic hydroxyl groups is 1. The quantitative estimate of drug-likeness (QED) is 0.879. The Bertz CT molecular complexity index is 831. The van der Waals surface area contributed by atoms with E-state index in [1.54, 1.807) is 19.1 Å². The summed E-state index contributed by atoms with van der Waals surface area (Å²) < 4.78 is 5.42. The van der Waals surface area contributed by atoms with Crippen molar-refractivity contribution in [2.75, 3.05) is 13.1 Å². The molecule has 0 radical (unpaired) electrons. The molecule has 0 unspecified atom stereocenters. The Labute approximate surface area is 140 Å². The summed E-state index contributed by atoms with van der Waals surface area (Å²) in [6.07, 6.45) is 4.02. The highest BCUT2D eigenvalue weighted by Gasteiger charge is 2.19. The van der Waals surface area contributed by atoms with Crippen LogP contribution in [0.2, 0.25) is 0 Å². The van der Waals surface area contributed by atoms with E-state index in [9.17, 15) is 14.7 Å². The zero-order valence-electron chi connectivity index (χ0n) is 14.2. The van der Waals surface area contributed by atoms with Crippen molar-refractivity contribution >= 4 is 16.9 Å². The fraction of sp³-hybridized carbons (Fsp3) is 0.474. The summed E-state index contributed by atoms with van der Waals surface area (Å²) in [6, 6.07) is 3.36. The van der Waals surface area contributed by atoms with Gasteiger partial charge in [0.05, 0.1) is 0 Å². The van der Waals surface area contributed by atoms with Crippen LogP contribution in [0.3, 0.4) is 0 Å². The van der Waals surface area contributed by atoms with Crippen molar-refractivity contribution in [3.63, 3.8) is 0 Å². The van der Waals surface area contributed by atoms with E-state index < -0.39 is 5.63 Å². The van der Waals surface area contributed by atoms with E-state index in [2.05, 4.69) is 0 Å². The van der Waals surface area contributed by atoms with E-state index in [0.717, 1.165) is 36.9 Å². The number of phenolic OH excluding ortho intramolecular Hbond substituents is 1. The predicted molar refractivity (Wildman–Crippen MR) is 92.4 cm³/mol. The van der Waals surface area contributed by atoms with Crippen LogP contribution in [0.1, 0.15) is 42.4 Å². The van der Waals surface area contributed by atoms with E-state index in [0.29, 0.717) is 29.6 Å². The van der Waals surface area contributed by atoms with Gasteiger partial charge in [0, 0.05) is 36.0 Å². The van der Waals surface area contributed by atoms with Crippen molar-refractivity contribution in [1.29, 1.82) is 0 Å². The van der Waals surface area contributed by atoms with Gasteiger partial charge in [-0.25, -0.2) is 4.79 Å². The fourth-order valence-electron chi connectivity index (χ4n) is 3.40. The van der Waals surface area contributed by atoms with Crippen LogP contribution >= 0.6 is 0 Å². The molecule has 5 heteroatoms. The Morgan fingerprint density at radius 1 is 1.17 bits per heavy atom. The van der Waals surface area contributed by atoms with Gasteiger partial charge in [0.1, 0.15) is 11.3 Å². The second-order valence-corrected chi connectivity index (χ2v) is 6.52. The zero-order chi connectivity index (χ0) is 17.3. The lowest BCUT2D eigenvalue weighted by atomic mass is 10.00. The summed E-state index contributed by atoms with van der Waals surface area (Å²) in [5.41, 5.74) is 1.95. The van der Waals surface area contributed by atoms with Gasteiger partial charge in [-0.2, -0.15) is 0 Å². The van der Waals surface area contributed by atoms with Crippen LogP contribution in [0.15, 0.2) is 21.3 Å². The van der Waals surface area contributed by atoms with Crippen molar-refractivity contribution in [3.8, 4) is 5.75 Å². The predicted octanol–water partition coefficient (Wildman–Crippen LogP) is 3.06. The Morgan fingerprint density at radius 3 is 2.58 bits per heavy atom. The Balaban J connectivity index is 1.86. The number of piperidine rings is 1. The van der Waals surface area contributed by atoms with Gasteiger partial charge in [0.2, 0.25) is 5.91 Å². The molecule has 1 fully saturated rings. The van der Waals surface area contributed by atoms with E-state index in [1.165, 1.54) is 6.42 Å². The molecule has 1 saturated heterocycles. The fourth-order valence-corrected chi connectivity index (χ4v) is 3.40. The minimum atomic E-state index is -0.417. The molecule has 128 valence electrons. The molecule has 0 bridgehead atoms. The van der Waals surface area contributed by atoms with Crippen molar-refractivity contribution in [3.05, 3.63) is 39.2 Å². The number of aryl methyl sites for hydroxylation is 2. The molecular weight excluding hydrogens is 306 g/mol. The topological polar surface area (TPSA) is 70.8 Å². The third-order valence-electron chi connectivity index (χ3n) is 4.97. The smallest absolute Gasteiger partial charge is 0.339 e. The molecule has 3 rings (SSSR count). The van der Waals surface area contributed by atoms with Crippen molar-refractivity contribution in [1.82, 2.24) is 4.90 Å². The number of hydrogen-bond donors (Lipinski definition) is 1. The first-order valence-corrected chi connectivity index (χ1v) is 8.51. The number of carbonyl (C=O) groups excluding carboxylic acids is 1. The SMILES string of the molecule is Cc1c(CCC(=O)N2CCCCC2)c(=O)oc2c(C)c(O)ccc12. The van der Waals surface area contributed by atoms with Gasteiger partial charge in [-0.15, -0.1) is 0 Å². The number of fused-ring (bicyclic) bond motifs is 1. The van der Waals surface area contributed by atoms with Crippen LogP contribution in [0.4, 0.5) is 0 Å². The van der Waals surface area contributed by atoms with Gasteiger partial charge in [0.25, 0.3) is 0 Å². The number of rotatable bonds is 3. The Kier molecular flexibility index (Phi) is 4.60. The minimum absolute atomic E-state index is 0.107. The third kappa shape index (κ3) is 3.03. The molecule has 24 heavy (non-hydrogen) atoms. The van der Waals surface area contributed by atoms with Gasteiger partial charge in [-0.3, -0.25) is 4.79 Å². The molecule has 1 aromatic heterocycles. The molecule has 0 spiro atoms. The molecule has 0 saturated carbocycles. The molecule has 5 nitrogen and oxygen atoms in total. The molecule has 1 amide bonds. The second kappa shape index (κ2) is 6.67. The molecule has 2 heterocycles. The number of hydrogen-bond acceptors (Lipinski definition) is 4. The maximum absolute atomic E-state index is 12.3. The highest BCUT2D eigenvalue weighted by molar-refractivity contribution is 5.85. The van der Waals surface area contributed by atoms with E-state index in [4.69, 9.17) is 4.42 Å². The lowest BCUT2D eigenvalue weighted by Gasteiger charge is -2.26. The molecule has 0 atom stereocenters. The molecule has 1 aliphatic heterocycles. The van der Waals surface area contributed by atoms with Gasteiger partial charge in [-0.1, -0.05) is 0 Å². The van der Waals surface area contributed by atoms with Crippen LogP contribution < -0.4 is 5.63 Å². The van der Waals surface area contributed by atoms with E-state index >= 15 is 0 Å². The van der Waals surface area contributed by atoms with Gasteiger partial charge < -0.3 is 14.4 Å². The second-order valence-electron chi connectivity index (χ2n) is 6.52. The highest BCUT2D eigenvalue weighted by atomic mass is 16.4. The zero-order valence-corrected chi connectivity index (χ0v) is 14.2. The summed E-state index contributed by atoms with van der Waals surface area (Å²) in [5.74, 6) is 0.216. The van der Waals surface area contributed by atoms with Crippen molar-refractivity contribution in [2.24, 2.45) is 0 Å². The minimum Gasteiger partial charge on any atom is -0.508 e. The number of amides is 1. The molecular formula is C19H23NO4. The normalized spacial score (nSPS) is 15.0. The molecule has 2 aromatic rings. The maximum Gasteiger partial charge on any atom is 0.339 e. The van der Waals surface area contributed by atoms with Gasteiger partial charge >= 0.3 is 5.63 Å². The van der Waals surface area contributed by atoms with E-state index in [-0.39, 0.29) is 11.7 Å². The number of likely N-dealkylation sites (tertiary alicyclic amines) is 1. The van der Waals surface area contributed by atoms with Gasteiger partial charge in [0.15, 0.2) is 0 Å². The number of phenols is 1. The summed E-state index contributed by atoms with van der Waals surface area (Å²) in [4.78, 5) is 26.5. The Hall–Kier alpha value is -2.30. The highest BCUT2D eigenvalue weighted by Crippen LogP contribution is 2.28. The summed E-state index contributed by atoms with van der Waals surface area (Å²) in [6.45, 7) is 5.24. The first-order valence-electron chi connectivity index (χ1n) is 8.51. The third-order valence-corrected chi connectivity index (χ3v) is 4.97. The van der Waals surface area contributed by atoms with Crippen LogP contribution in [0.5, 0.6) is 5.75 Å². The van der Waals surface area contributed by atoms with Crippen LogP contribution in [0, 0.1) is 13.8 Å². The molecule has 1 N–H and O–H groups in total. The summed E-state index contributed by atoms with van der Waals surface area (Å²) >= 11 is 0. The molecule has 0 aliphatic carbocycles. The largest absolute Gasteiger partial charge is 0.508 e. The summed E-state index contributed by atoms with van der Waals surface area (Å²) in [5, 5.41) is 10.6. The number of carbonyl (C=O) groups is 1. The molecule has 1 aliphatic rings. The molecule has 1 aromatic carbocycles. The van der Waals surface area contributed by atoms with Crippen molar-refractivity contribution in [2.45, 2.75) is 46.0 Å². The number of benzene rings is 1. The van der Waals surface area contributed by atoms with Gasteiger partial charge in [-0.05, 0) is 57.2 Å². The number of nitrogens with zero attached hydrogens (tertiary/aromatic N) is 1. The first kappa shape index (κ1) is 16.6. The average Bonchev–Trinajstić information content (AvgIpc) is 2.59. The lowest BCUT2D eigenvalue weighted by Crippen LogP contribution is -2.35. The van der Waals surface area contributed by atoms with Crippen molar-refractivity contribution < 1.29 is 14.3 Å². The first-order chi connectivity index (χ1) is 11.5.